The summed E-state index contributed by atoms with van der Waals surface area (Å²) in [6.45, 7) is -5.23. The Kier molecular flexibility index (Phi) is 1.74. The van der Waals surface area contributed by atoms with E-state index in [1.54, 1.807) is 7.05 Å². The predicted molar refractivity (Wildman–Crippen MR) is 96.4 cm³/mol. The lowest BCUT2D eigenvalue weighted by atomic mass is 10.1. The van der Waals surface area contributed by atoms with Crippen molar-refractivity contribution in [1.82, 2.24) is 9.80 Å². The zero-order valence-electron chi connectivity index (χ0n) is 23.1. The van der Waals surface area contributed by atoms with Crippen molar-refractivity contribution in [1.29, 1.82) is 0 Å². The van der Waals surface area contributed by atoms with Crippen LogP contribution in [-0.2, 0) is 0 Å². The second-order valence-corrected chi connectivity index (χ2v) is 5.42. The van der Waals surface area contributed by atoms with Crippen LogP contribution in [0.4, 0.5) is 17.1 Å². The van der Waals surface area contributed by atoms with Gasteiger partial charge < -0.3 is 15.1 Å². The fraction of sp³-hybridized carbons (Fsp3) is 0.278. The van der Waals surface area contributed by atoms with Crippen LogP contribution in [-0.4, -0.2) is 48.8 Å². The van der Waals surface area contributed by atoms with Crippen molar-refractivity contribution in [2.75, 3.05) is 38.4 Å². The van der Waals surface area contributed by atoms with Gasteiger partial charge in [0.2, 0.25) is 0 Å². The van der Waals surface area contributed by atoms with Gasteiger partial charge in [0.1, 0.15) is 5.84 Å². The molecule has 2 aliphatic heterocycles. The van der Waals surface area contributed by atoms with Gasteiger partial charge in [-0.3, -0.25) is 0 Å². The second-order valence-electron chi connectivity index (χ2n) is 5.05. The molecule has 4 nitrogen and oxygen atoms in total. The number of hydrogen-bond donors (Lipinski definition) is 1. The fourth-order valence-electron chi connectivity index (χ4n) is 2.22. The van der Waals surface area contributed by atoms with Gasteiger partial charge in [0, 0.05) is 42.4 Å². The number of piperazine rings is 1. The highest BCUT2D eigenvalue weighted by molar-refractivity contribution is 6.31. The van der Waals surface area contributed by atoms with Crippen molar-refractivity contribution < 1.29 is 15.1 Å². The Hall–Kier alpha value is -2.04. The third-order valence-corrected chi connectivity index (χ3v) is 3.54. The zero-order valence-corrected chi connectivity index (χ0v) is 12.9. The molecule has 0 radical (unpaired) electrons. The van der Waals surface area contributed by atoms with Crippen molar-refractivity contribution >= 4 is 34.5 Å². The average molecular weight is 338 g/mol. The zero-order chi connectivity index (χ0) is 25.5. The van der Waals surface area contributed by atoms with E-state index in [9.17, 15) is 0 Å². The molecule has 23 heavy (non-hydrogen) atoms. The number of anilines is 2. The molecule has 1 fully saturated rings. The molecule has 4 rings (SSSR count). The molecular formula is C18H19ClN4. The predicted octanol–water partition coefficient (Wildman–Crippen LogP) is 3.72. The van der Waals surface area contributed by atoms with Crippen LogP contribution >= 0.6 is 11.6 Å². The van der Waals surface area contributed by atoms with Crippen LogP contribution in [0.25, 0.3) is 0 Å². The average Bonchev–Trinajstić information content (AvgIpc) is 2.89. The SMILES string of the molecule is [2H]c1c([2H])c([2H])c2c(c1[2H])Nc1c([2H])c([2H])c(Cl)c([2H])c1N=C2N1C([2H])([2H])CN(C)CC1([2H])[2H]. The Morgan fingerprint density at radius 1 is 1.17 bits per heavy atom. The maximum absolute atomic E-state index is 8.57. The molecule has 0 amide bonds. The van der Waals surface area contributed by atoms with Gasteiger partial charge in [-0.05, 0) is 37.3 Å². The molecule has 1 N–H and O–H groups in total. The Labute approximate surface area is 156 Å². The highest BCUT2D eigenvalue weighted by Gasteiger charge is 2.23. The van der Waals surface area contributed by atoms with Crippen molar-refractivity contribution in [3.8, 4) is 0 Å². The number of benzene rings is 2. The highest BCUT2D eigenvalue weighted by atomic mass is 35.5. The highest BCUT2D eigenvalue weighted by Crippen LogP contribution is 2.36. The van der Waals surface area contributed by atoms with E-state index in [4.69, 9.17) is 26.7 Å². The largest absolute Gasteiger partial charge is 0.353 e. The Morgan fingerprint density at radius 2 is 1.96 bits per heavy atom. The van der Waals surface area contributed by atoms with Gasteiger partial charge in [-0.2, -0.15) is 0 Å². The number of para-hydroxylation sites is 1. The molecule has 0 unspecified atom stereocenters. The minimum absolute atomic E-state index is 0.226. The van der Waals surface area contributed by atoms with Crippen LogP contribution in [0.1, 0.15) is 20.6 Å². The van der Waals surface area contributed by atoms with Crippen molar-refractivity contribution in [2.45, 2.75) is 0 Å². The summed E-state index contributed by atoms with van der Waals surface area (Å²) >= 11 is 6.07. The normalized spacial score (nSPS) is 28.9. The number of halogens is 1. The summed E-state index contributed by atoms with van der Waals surface area (Å²) in [6, 6.07) is -3.87. The van der Waals surface area contributed by atoms with Crippen LogP contribution in [0, 0.1) is 0 Å². The summed E-state index contributed by atoms with van der Waals surface area (Å²) in [6.07, 6.45) is 0. The molecule has 0 bridgehead atoms. The van der Waals surface area contributed by atoms with E-state index in [-0.39, 0.29) is 35.7 Å². The van der Waals surface area contributed by atoms with Gasteiger partial charge in [-0.15, -0.1) is 0 Å². The maximum atomic E-state index is 8.57. The third kappa shape index (κ3) is 2.80. The summed E-state index contributed by atoms with van der Waals surface area (Å²) in [5.41, 5.74) is -1.12. The molecule has 0 atom stereocenters. The lowest BCUT2D eigenvalue weighted by Crippen LogP contribution is -2.47. The van der Waals surface area contributed by atoms with Gasteiger partial charge in [0.05, 0.1) is 26.5 Å². The number of aliphatic imine (C=N–C) groups is 1. The van der Waals surface area contributed by atoms with Crippen molar-refractivity contribution in [2.24, 2.45) is 4.99 Å². The smallest absolute Gasteiger partial charge is 0.138 e. The lowest BCUT2D eigenvalue weighted by molar-refractivity contribution is 0.216. The van der Waals surface area contributed by atoms with Gasteiger partial charge in [0.15, 0.2) is 0 Å². The minimum atomic E-state index is -2.38. The molecule has 5 heteroatoms. The summed E-state index contributed by atoms with van der Waals surface area (Å²) < 4.78 is 92.1. The first-order chi connectivity index (χ1) is 15.6. The molecule has 2 aromatic rings. The van der Waals surface area contributed by atoms with Crippen molar-refractivity contribution in [3.63, 3.8) is 0 Å². The van der Waals surface area contributed by atoms with E-state index in [0.29, 0.717) is 4.90 Å². The first-order valence-corrected chi connectivity index (χ1v) is 7.22. The number of hydrogen-bond acceptors (Lipinski definition) is 4. The van der Waals surface area contributed by atoms with E-state index >= 15 is 0 Å². The summed E-state index contributed by atoms with van der Waals surface area (Å²) in [5, 5.41) is 2.30. The molecule has 118 valence electrons. The molecule has 1 saturated heterocycles. The van der Waals surface area contributed by atoms with E-state index < -0.39 is 66.1 Å². The Balaban J connectivity index is 2.18. The van der Waals surface area contributed by atoms with Crippen LogP contribution < -0.4 is 5.32 Å². The summed E-state index contributed by atoms with van der Waals surface area (Å²) in [7, 11) is 1.54. The van der Waals surface area contributed by atoms with Gasteiger partial charge in [-0.25, -0.2) is 4.99 Å². The number of likely N-dealkylation sites (N-methyl/N-ethyl adjacent to an activating group) is 1. The fourth-order valence-corrected chi connectivity index (χ4v) is 2.35. The Bertz CT molecular complexity index is 1250. The monoisotopic (exact) mass is 337 g/mol. The van der Waals surface area contributed by atoms with Gasteiger partial charge in [0.25, 0.3) is 0 Å². The van der Waals surface area contributed by atoms with Gasteiger partial charge in [-0.1, -0.05) is 23.7 Å². The van der Waals surface area contributed by atoms with E-state index in [1.165, 1.54) is 4.90 Å². The van der Waals surface area contributed by atoms with Crippen LogP contribution in [0.5, 0.6) is 0 Å². The Morgan fingerprint density at radius 3 is 2.78 bits per heavy atom. The standard InChI is InChI=1S/C18H19ClN4/c1-22-8-10-23(11-9-22)18-14-4-2-3-5-15(14)20-16-7-6-13(19)12-17(16)21-18/h2-7,12,20H,8-11H2,1H3/i2D,3D,4D,5D,6D,7D,10D2,11D2,12D. The lowest BCUT2D eigenvalue weighted by Gasteiger charge is -2.34. The van der Waals surface area contributed by atoms with E-state index in [2.05, 4.69) is 10.3 Å². The molecule has 2 heterocycles. The number of amidine groups is 1. The maximum Gasteiger partial charge on any atom is 0.138 e. The number of nitrogens with one attached hydrogen (secondary N) is 1. The minimum Gasteiger partial charge on any atom is -0.353 e. The topological polar surface area (TPSA) is 30.9 Å². The van der Waals surface area contributed by atoms with E-state index in [0.717, 1.165) is 0 Å². The van der Waals surface area contributed by atoms with Crippen LogP contribution in [0.2, 0.25) is 5.02 Å². The van der Waals surface area contributed by atoms with E-state index in [1.807, 2.05) is 0 Å². The molecule has 0 aromatic heterocycles. The molecule has 0 spiro atoms. The summed E-state index contributed by atoms with van der Waals surface area (Å²) in [5.74, 6) is -0.474. The second kappa shape index (κ2) is 5.87. The van der Waals surface area contributed by atoms with Gasteiger partial charge >= 0.3 is 0 Å². The quantitative estimate of drug-likeness (QED) is 0.794. The third-order valence-electron chi connectivity index (χ3n) is 3.35. The number of nitrogens with zero attached hydrogens (tertiary/aromatic N) is 3. The molecular weight excluding hydrogens is 308 g/mol. The summed E-state index contributed by atoms with van der Waals surface area (Å²) in [4.78, 5) is 6.47. The molecule has 2 aromatic carbocycles. The van der Waals surface area contributed by atoms with Crippen LogP contribution in [0.3, 0.4) is 0 Å². The number of rotatable bonds is 0. The first-order valence-electron chi connectivity index (χ1n) is 12.3. The van der Waals surface area contributed by atoms with Crippen LogP contribution in [0.15, 0.2) is 47.3 Å². The number of fused-ring (bicyclic) bond motifs is 2. The van der Waals surface area contributed by atoms with Crippen molar-refractivity contribution in [3.05, 3.63) is 52.9 Å². The molecule has 2 aliphatic rings. The molecule has 0 saturated carbocycles. The first kappa shape index (κ1) is 6.83. The molecule has 0 aliphatic carbocycles.